The number of hydrogen-bond acceptors (Lipinski definition) is 5. The minimum absolute atomic E-state index is 0.0972. The first-order valence-corrected chi connectivity index (χ1v) is 9.97. The Labute approximate surface area is 172 Å². The highest BCUT2D eigenvalue weighted by atomic mass is 16.5. The second-order valence-corrected chi connectivity index (χ2v) is 8.03. The Morgan fingerprint density at radius 2 is 1.52 bits per heavy atom. The Balaban J connectivity index is 2.83. The molecule has 0 fully saturated rings. The average Bonchev–Trinajstić information content (AvgIpc) is 2.60. The van der Waals surface area contributed by atoms with Gasteiger partial charge in [-0.3, -0.25) is 4.79 Å². The largest absolute Gasteiger partial charge is 0.462 e. The third-order valence-corrected chi connectivity index (χ3v) is 4.10. The van der Waals surface area contributed by atoms with Crippen LogP contribution < -0.4 is 15.5 Å². The summed E-state index contributed by atoms with van der Waals surface area (Å²) in [6.45, 7) is 10.2. The van der Waals surface area contributed by atoms with E-state index in [2.05, 4.69) is 33.3 Å². The molecule has 1 aromatic rings. The van der Waals surface area contributed by atoms with Crippen molar-refractivity contribution in [3.8, 4) is 0 Å². The van der Waals surface area contributed by atoms with Crippen LogP contribution in [0.15, 0.2) is 18.2 Å². The number of carbonyl (C=O) groups excluding carboxylic acids is 3. The Morgan fingerprint density at radius 3 is 1.97 bits per heavy atom. The van der Waals surface area contributed by atoms with E-state index >= 15 is 0 Å². The maximum Gasteiger partial charge on any atom is 0.338 e. The zero-order valence-corrected chi connectivity index (χ0v) is 18.4. The van der Waals surface area contributed by atoms with Crippen molar-refractivity contribution in [1.29, 1.82) is 0 Å². The predicted molar refractivity (Wildman–Crippen MR) is 110 cm³/mol. The topological polar surface area (TPSA) is 103 Å². The van der Waals surface area contributed by atoms with E-state index in [4.69, 9.17) is 9.47 Å². The number of quaternary nitrogens is 2. The number of esters is 2. The first-order valence-electron chi connectivity index (χ1n) is 9.97. The molecule has 0 radical (unpaired) electrons. The lowest BCUT2D eigenvalue weighted by Crippen LogP contribution is -3.08. The molecule has 8 heteroatoms. The van der Waals surface area contributed by atoms with E-state index in [1.165, 1.54) is 23.1 Å². The lowest BCUT2D eigenvalue weighted by atomic mass is 9.93. The van der Waals surface area contributed by atoms with Crippen LogP contribution in [0.4, 0.5) is 5.69 Å². The number of carbonyl (C=O) groups is 3. The van der Waals surface area contributed by atoms with E-state index in [0.29, 0.717) is 5.69 Å². The molecule has 1 aromatic carbocycles. The summed E-state index contributed by atoms with van der Waals surface area (Å²) in [5, 5.41) is 4.71. The predicted octanol–water partition coefficient (Wildman–Crippen LogP) is -0.287. The molecule has 0 aliphatic carbocycles. The fourth-order valence-corrected chi connectivity index (χ4v) is 3.20. The minimum atomic E-state index is -0.561. The smallest absolute Gasteiger partial charge is 0.338 e. The van der Waals surface area contributed by atoms with Crippen LogP contribution >= 0.6 is 0 Å². The van der Waals surface area contributed by atoms with Gasteiger partial charge < -0.3 is 25.0 Å². The maximum atomic E-state index is 12.4. The zero-order chi connectivity index (χ0) is 22.0. The third-order valence-electron chi connectivity index (χ3n) is 4.10. The number of rotatable bonds is 11. The Kier molecular flexibility index (Phi) is 9.77. The van der Waals surface area contributed by atoms with Crippen molar-refractivity contribution in [2.24, 2.45) is 5.41 Å². The third kappa shape index (κ3) is 9.06. The van der Waals surface area contributed by atoms with Crippen LogP contribution in [0.25, 0.3) is 0 Å². The molecule has 8 nitrogen and oxygen atoms in total. The van der Waals surface area contributed by atoms with Gasteiger partial charge in [-0.15, -0.1) is 0 Å². The summed E-state index contributed by atoms with van der Waals surface area (Å²) in [5.74, 6) is -1.34. The van der Waals surface area contributed by atoms with Gasteiger partial charge in [0.1, 0.15) is 0 Å². The number of amides is 1. The van der Waals surface area contributed by atoms with Gasteiger partial charge in [-0.2, -0.15) is 0 Å². The molecule has 0 saturated carbocycles. The van der Waals surface area contributed by atoms with Gasteiger partial charge in [0.2, 0.25) is 0 Å². The molecule has 4 N–H and O–H groups in total. The molecule has 0 spiro atoms. The highest BCUT2D eigenvalue weighted by Crippen LogP contribution is 2.17. The Bertz CT molecular complexity index is 680. The molecule has 0 aromatic heterocycles. The van der Waals surface area contributed by atoms with E-state index in [9.17, 15) is 14.4 Å². The van der Waals surface area contributed by atoms with Gasteiger partial charge >= 0.3 is 11.9 Å². The number of nitrogens with one attached hydrogen (secondary N) is 2. The molecule has 0 atom stereocenters. The van der Waals surface area contributed by atoms with Crippen LogP contribution in [0.5, 0.6) is 0 Å². The first kappa shape index (κ1) is 24.6. The standard InChI is InChI=1S/C21H33N3O5/c1-7-28-19(26)15-9-16(20(27)29-8-2)11-17(10-15)23-18(25)12-22-13-21(3,4)14-24(5)6/h9-11,22H,7-8,12-14H2,1-6H3,(H,23,25)/p+2. The van der Waals surface area contributed by atoms with Crippen molar-refractivity contribution in [1.82, 2.24) is 0 Å². The van der Waals surface area contributed by atoms with Crippen LogP contribution in [0, 0.1) is 5.41 Å². The first-order chi connectivity index (χ1) is 13.6. The highest BCUT2D eigenvalue weighted by Gasteiger charge is 2.24. The van der Waals surface area contributed by atoms with Gasteiger partial charge in [-0.25, -0.2) is 9.59 Å². The SMILES string of the molecule is CCOC(=O)c1cc(NC(=O)C[NH2+]CC(C)(C)C[NH+](C)C)cc(C(=O)OCC)c1. The minimum Gasteiger partial charge on any atom is -0.462 e. The van der Waals surface area contributed by atoms with Crippen LogP contribution in [-0.2, 0) is 14.3 Å². The van der Waals surface area contributed by atoms with Crippen LogP contribution in [-0.4, -0.2) is 64.8 Å². The molecule has 0 aliphatic heterocycles. The molecule has 0 saturated heterocycles. The lowest BCUT2D eigenvalue weighted by molar-refractivity contribution is -0.868. The van der Waals surface area contributed by atoms with E-state index in [0.717, 1.165) is 13.1 Å². The second kappa shape index (κ2) is 11.5. The number of ether oxygens (including phenoxy) is 2. The fraction of sp³-hybridized carbons (Fsp3) is 0.571. The molecule has 0 bridgehead atoms. The zero-order valence-electron chi connectivity index (χ0n) is 18.4. The second-order valence-electron chi connectivity index (χ2n) is 8.03. The molecule has 1 rings (SSSR count). The summed E-state index contributed by atoms with van der Waals surface area (Å²) in [4.78, 5) is 37.9. The van der Waals surface area contributed by atoms with E-state index in [-0.39, 0.29) is 42.2 Å². The highest BCUT2D eigenvalue weighted by molar-refractivity contribution is 5.99. The molecular formula is C21H35N3O5+2. The van der Waals surface area contributed by atoms with Crippen molar-refractivity contribution in [3.63, 3.8) is 0 Å². The van der Waals surface area contributed by atoms with Crippen LogP contribution in [0.1, 0.15) is 48.4 Å². The summed E-state index contributed by atoms with van der Waals surface area (Å²) in [6.07, 6.45) is 0. The van der Waals surface area contributed by atoms with Crippen molar-refractivity contribution in [3.05, 3.63) is 29.3 Å². The average molecular weight is 410 g/mol. The van der Waals surface area contributed by atoms with Crippen molar-refractivity contribution in [2.75, 3.05) is 52.3 Å². The molecule has 162 valence electrons. The molecule has 1 amide bonds. The van der Waals surface area contributed by atoms with Gasteiger partial charge in [0.15, 0.2) is 6.54 Å². The van der Waals surface area contributed by atoms with Crippen molar-refractivity contribution in [2.45, 2.75) is 27.7 Å². The summed E-state index contributed by atoms with van der Waals surface area (Å²) in [5.41, 5.74) is 0.826. The summed E-state index contributed by atoms with van der Waals surface area (Å²) < 4.78 is 10.0. The van der Waals surface area contributed by atoms with Crippen molar-refractivity contribution >= 4 is 23.5 Å². The van der Waals surface area contributed by atoms with Gasteiger partial charge in [0.25, 0.3) is 5.91 Å². The lowest BCUT2D eigenvalue weighted by Gasteiger charge is -2.23. The molecule has 0 unspecified atom stereocenters. The number of hydrogen-bond donors (Lipinski definition) is 3. The molecule has 0 heterocycles. The van der Waals surface area contributed by atoms with Gasteiger partial charge in [-0.05, 0) is 45.9 Å². The molecular weight excluding hydrogens is 374 g/mol. The number of benzene rings is 1. The van der Waals surface area contributed by atoms with E-state index in [1.54, 1.807) is 13.8 Å². The summed E-state index contributed by atoms with van der Waals surface area (Å²) in [6, 6.07) is 4.40. The van der Waals surface area contributed by atoms with Crippen LogP contribution in [0.2, 0.25) is 0 Å². The van der Waals surface area contributed by atoms with Gasteiger partial charge in [0, 0.05) is 5.69 Å². The Morgan fingerprint density at radius 1 is 1.00 bits per heavy atom. The van der Waals surface area contributed by atoms with Gasteiger partial charge in [-0.1, -0.05) is 0 Å². The number of anilines is 1. The quantitative estimate of drug-likeness (QED) is 0.436. The van der Waals surface area contributed by atoms with E-state index < -0.39 is 11.9 Å². The number of nitrogens with two attached hydrogens (primary N) is 1. The van der Waals surface area contributed by atoms with Gasteiger partial charge in [0.05, 0.1) is 56.9 Å². The van der Waals surface area contributed by atoms with E-state index in [1.807, 2.05) is 5.32 Å². The van der Waals surface area contributed by atoms with Crippen LogP contribution in [0.3, 0.4) is 0 Å². The van der Waals surface area contributed by atoms with Crippen molar-refractivity contribution < 1.29 is 34.1 Å². The maximum absolute atomic E-state index is 12.4. The summed E-state index contributed by atoms with van der Waals surface area (Å²) >= 11 is 0. The normalized spacial score (nSPS) is 11.3. The monoisotopic (exact) mass is 409 g/mol. The fourth-order valence-electron chi connectivity index (χ4n) is 3.20. The Hall–Kier alpha value is -2.45. The molecule has 0 aliphatic rings. The molecule has 29 heavy (non-hydrogen) atoms. The summed E-state index contributed by atoms with van der Waals surface area (Å²) in [7, 11) is 4.21.